The van der Waals surface area contributed by atoms with Crippen LogP contribution in [0.2, 0.25) is 0 Å². The van der Waals surface area contributed by atoms with E-state index in [1.807, 2.05) is 79.3 Å². The Morgan fingerprint density at radius 2 is 1.76 bits per heavy atom. The third-order valence-electron chi connectivity index (χ3n) is 4.16. The van der Waals surface area contributed by atoms with Crippen LogP contribution in [0, 0.1) is 0 Å². The molecule has 0 atom stereocenters. The van der Waals surface area contributed by atoms with Crippen LogP contribution in [-0.4, -0.2) is 29.6 Å². The number of anilines is 1. The van der Waals surface area contributed by atoms with Crippen molar-refractivity contribution >= 4 is 11.6 Å². The number of aromatic nitrogens is 2. The van der Waals surface area contributed by atoms with Crippen LogP contribution in [0.3, 0.4) is 0 Å². The summed E-state index contributed by atoms with van der Waals surface area (Å²) in [7, 11) is 5.89. The Morgan fingerprint density at radius 3 is 2.40 bits per heavy atom. The molecule has 0 unspecified atom stereocenters. The molecule has 0 aliphatic heterocycles. The minimum absolute atomic E-state index is 0.0838. The van der Waals surface area contributed by atoms with E-state index in [4.69, 9.17) is 0 Å². The Kier molecular flexibility index (Phi) is 4.84. The fourth-order valence-electron chi connectivity index (χ4n) is 2.68. The molecule has 0 bridgehead atoms. The summed E-state index contributed by atoms with van der Waals surface area (Å²) in [5.74, 6) is -0.0838. The van der Waals surface area contributed by atoms with Crippen LogP contribution in [0.15, 0.2) is 61.1 Å². The van der Waals surface area contributed by atoms with Crippen molar-refractivity contribution in [2.24, 2.45) is 7.05 Å². The third kappa shape index (κ3) is 3.88. The molecule has 5 nitrogen and oxygen atoms in total. The van der Waals surface area contributed by atoms with Gasteiger partial charge >= 0.3 is 0 Å². The number of rotatable bonds is 5. The van der Waals surface area contributed by atoms with E-state index in [-0.39, 0.29) is 5.91 Å². The van der Waals surface area contributed by atoms with E-state index in [9.17, 15) is 4.79 Å². The van der Waals surface area contributed by atoms with Crippen LogP contribution in [0.4, 0.5) is 5.69 Å². The molecule has 3 aromatic rings. The van der Waals surface area contributed by atoms with Crippen molar-refractivity contribution in [3.05, 3.63) is 72.3 Å². The van der Waals surface area contributed by atoms with Gasteiger partial charge in [0, 0.05) is 57.5 Å². The average molecular weight is 334 g/mol. The first kappa shape index (κ1) is 16.8. The number of nitrogens with zero attached hydrogens (tertiary/aromatic N) is 3. The lowest BCUT2D eigenvalue weighted by atomic mass is 10.1. The lowest BCUT2D eigenvalue weighted by Gasteiger charge is -2.13. The first-order chi connectivity index (χ1) is 12.0. The maximum absolute atomic E-state index is 12.5. The molecule has 1 amide bonds. The number of hydrogen-bond donors (Lipinski definition) is 1. The Labute approximate surface area is 147 Å². The fourth-order valence-corrected chi connectivity index (χ4v) is 2.68. The van der Waals surface area contributed by atoms with Crippen molar-refractivity contribution in [3.63, 3.8) is 0 Å². The highest BCUT2D eigenvalue weighted by Crippen LogP contribution is 2.21. The van der Waals surface area contributed by atoms with Gasteiger partial charge in [0.25, 0.3) is 5.91 Å². The van der Waals surface area contributed by atoms with E-state index >= 15 is 0 Å². The molecule has 0 aliphatic carbocycles. The largest absolute Gasteiger partial charge is 0.378 e. The van der Waals surface area contributed by atoms with Gasteiger partial charge in [-0.2, -0.15) is 0 Å². The van der Waals surface area contributed by atoms with E-state index < -0.39 is 0 Å². The highest BCUT2D eigenvalue weighted by molar-refractivity contribution is 5.94. The molecule has 5 heteroatoms. The highest BCUT2D eigenvalue weighted by atomic mass is 16.1. The second-order valence-electron chi connectivity index (χ2n) is 6.20. The van der Waals surface area contributed by atoms with Gasteiger partial charge < -0.3 is 14.8 Å². The summed E-state index contributed by atoms with van der Waals surface area (Å²) < 4.78 is 1.85. The van der Waals surface area contributed by atoms with Crippen LogP contribution < -0.4 is 10.2 Å². The normalized spacial score (nSPS) is 10.5. The van der Waals surface area contributed by atoms with Crippen molar-refractivity contribution < 1.29 is 4.79 Å². The molecular weight excluding hydrogens is 312 g/mol. The first-order valence-electron chi connectivity index (χ1n) is 8.16. The van der Waals surface area contributed by atoms with Crippen molar-refractivity contribution in [1.82, 2.24) is 14.9 Å². The quantitative estimate of drug-likeness (QED) is 0.780. The summed E-state index contributed by atoms with van der Waals surface area (Å²) in [6, 6.07) is 13.9. The third-order valence-corrected chi connectivity index (χ3v) is 4.16. The molecule has 2 aromatic heterocycles. The number of hydrogen-bond acceptors (Lipinski definition) is 3. The van der Waals surface area contributed by atoms with Gasteiger partial charge in [-0.3, -0.25) is 9.78 Å². The molecule has 3 rings (SSSR count). The summed E-state index contributed by atoms with van der Waals surface area (Å²) in [5.41, 5.74) is 4.90. The molecule has 1 aromatic carbocycles. The molecule has 0 aliphatic rings. The monoisotopic (exact) mass is 334 g/mol. The zero-order chi connectivity index (χ0) is 17.8. The number of carbonyl (C=O) groups excluding carboxylic acids is 1. The van der Waals surface area contributed by atoms with Gasteiger partial charge in [-0.15, -0.1) is 0 Å². The van der Waals surface area contributed by atoms with Gasteiger partial charge in [-0.05, 0) is 41.5 Å². The van der Waals surface area contributed by atoms with Crippen LogP contribution in [0.25, 0.3) is 11.1 Å². The van der Waals surface area contributed by atoms with Crippen molar-refractivity contribution in [3.8, 4) is 11.1 Å². The zero-order valence-electron chi connectivity index (χ0n) is 14.7. The van der Waals surface area contributed by atoms with Gasteiger partial charge in [0.05, 0.1) is 0 Å². The van der Waals surface area contributed by atoms with E-state index in [0.717, 1.165) is 22.4 Å². The maximum Gasteiger partial charge on any atom is 0.268 e. The Morgan fingerprint density at radius 1 is 1.08 bits per heavy atom. The Balaban J connectivity index is 1.68. The van der Waals surface area contributed by atoms with Gasteiger partial charge in [-0.1, -0.05) is 12.1 Å². The highest BCUT2D eigenvalue weighted by Gasteiger charge is 2.12. The molecule has 0 fully saturated rings. The fraction of sp³-hybridized carbons (Fsp3) is 0.200. The number of carbonyl (C=O) groups is 1. The van der Waals surface area contributed by atoms with Crippen molar-refractivity contribution in [2.45, 2.75) is 6.54 Å². The molecule has 128 valence electrons. The van der Waals surface area contributed by atoms with E-state index in [0.29, 0.717) is 12.2 Å². The number of aryl methyl sites for hydroxylation is 1. The van der Waals surface area contributed by atoms with E-state index in [1.54, 1.807) is 12.4 Å². The van der Waals surface area contributed by atoms with Gasteiger partial charge in [0.2, 0.25) is 0 Å². The number of nitrogens with one attached hydrogen (secondary N) is 1. The SMILES string of the molecule is CN(C)c1ccc(CNC(=O)c2cc(-c3ccncc3)cn2C)cc1. The van der Waals surface area contributed by atoms with E-state index in [1.165, 1.54) is 0 Å². The second-order valence-corrected chi connectivity index (χ2v) is 6.20. The molecular formula is C20H22N4O. The first-order valence-corrected chi connectivity index (χ1v) is 8.16. The second kappa shape index (κ2) is 7.21. The molecule has 0 saturated carbocycles. The Bertz CT molecular complexity index is 851. The molecule has 0 saturated heterocycles. The van der Waals surface area contributed by atoms with Crippen LogP contribution in [0.5, 0.6) is 0 Å². The van der Waals surface area contributed by atoms with Crippen molar-refractivity contribution in [1.29, 1.82) is 0 Å². The van der Waals surface area contributed by atoms with Gasteiger partial charge in [0.15, 0.2) is 0 Å². The molecule has 1 N–H and O–H groups in total. The minimum Gasteiger partial charge on any atom is -0.378 e. The summed E-state index contributed by atoms with van der Waals surface area (Å²) >= 11 is 0. The molecule has 2 heterocycles. The smallest absolute Gasteiger partial charge is 0.268 e. The van der Waals surface area contributed by atoms with Crippen LogP contribution in [-0.2, 0) is 13.6 Å². The van der Waals surface area contributed by atoms with Gasteiger partial charge in [-0.25, -0.2) is 0 Å². The average Bonchev–Trinajstić information content (AvgIpc) is 3.02. The summed E-state index contributed by atoms with van der Waals surface area (Å²) in [6.07, 6.45) is 5.45. The maximum atomic E-state index is 12.5. The number of pyridine rings is 1. The number of amides is 1. The lowest BCUT2D eigenvalue weighted by Crippen LogP contribution is -2.24. The topological polar surface area (TPSA) is 50.2 Å². The standard InChI is InChI=1S/C20H22N4O/c1-23(2)18-6-4-15(5-7-18)13-22-20(25)19-12-17(14-24(19)3)16-8-10-21-11-9-16/h4-12,14H,13H2,1-3H3,(H,22,25). The predicted octanol–water partition coefficient (Wildman–Crippen LogP) is 3.08. The number of benzene rings is 1. The zero-order valence-corrected chi connectivity index (χ0v) is 14.7. The summed E-state index contributed by atoms with van der Waals surface area (Å²) in [6.45, 7) is 0.502. The Hall–Kier alpha value is -3.08. The lowest BCUT2D eigenvalue weighted by molar-refractivity contribution is 0.0943. The molecule has 0 radical (unpaired) electrons. The van der Waals surface area contributed by atoms with Crippen LogP contribution in [0.1, 0.15) is 16.1 Å². The summed E-state index contributed by atoms with van der Waals surface area (Å²) in [5, 5.41) is 2.98. The van der Waals surface area contributed by atoms with Crippen molar-refractivity contribution in [2.75, 3.05) is 19.0 Å². The minimum atomic E-state index is -0.0838. The molecule has 25 heavy (non-hydrogen) atoms. The summed E-state index contributed by atoms with van der Waals surface area (Å²) in [4.78, 5) is 18.6. The molecule has 0 spiro atoms. The van der Waals surface area contributed by atoms with E-state index in [2.05, 4.69) is 10.3 Å². The van der Waals surface area contributed by atoms with Crippen LogP contribution >= 0.6 is 0 Å². The van der Waals surface area contributed by atoms with Gasteiger partial charge in [0.1, 0.15) is 5.69 Å². The predicted molar refractivity (Wildman–Crippen MR) is 101 cm³/mol.